The zero-order chi connectivity index (χ0) is 18.8. The molecule has 8 nitrogen and oxygen atoms in total. The Morgan fingerprint density at radius 2 is 1.81 bits per heavy atom. The van der Waals surface area contributed by atoms with Crippen LogP contribution in [-0.4, -0.2) is 49.0 Å². The molecule has 0 aliphatic carbocycles. The number of fused-ring (bicyclic) bond motifs is 1. The van der Waals surface area contributed by atoms with Gasteiger partial charge < -0.3 is 24.4 Å². The zero-order valence-corrected chi connectivity index (χ0v) is 15.4. The first-order chi connectivity index (χ1) is 13.1. The van der Waals surface area contributed by atoms with E-state index in [-0.39, 0.29) is 19.1 Å². The first-order valence-electron chi connectivity index (χ1n) is 8.96. The summed E-state index contributed by atoms with van der Waals surface area (Å²) in [7, 11) is 0. The van der Waals surface area contributed by atoms with E-state index in [0.29, 0.717) is 36.3 Å². The minimum absolute atomic E-state index is 0.122. The summed E-state index contributed by atoms with van der Waals surface area (Å²) in [5.74, 6) is 1.94. The molecule has 0 saturated carbocycles. The molecule has 1 saturated heterocycles. The normalized spacial score (nSPS) is 15.7. The second-order valence-corrected chi connectivity index (χ2v) is 6.58. The maximum atomic E-state index is 12.5. The van der Waals surface area contributed by atoms with Crippen LogP contribution in [0, 0.1) is 13.8 Å². The summed E-state index contributed by atoms with van der Waals surface area (Å²) in [6.07, 6.45) is 0.237. The molecule has 0 unspecified atom stereocenters. The third kappa shape index (κ3) is 3.80. The van der Waals surface area contributed by atoms with Crippen LogP contribution in [0.1, 0.15) is 17.0 Å². The number of ether oxygens (including phenoxy) is 3. The molecular formula is C19H22N4O4. The number of anilines is 2. The molecule has 0 spiro atoms. The fourth-order valence-electron chi connectivity index (χ4n) is 3.20. The number of morpholine rings is 1. The van der Waals surface area contributed by atoms with Crippen LogP contribution < -0.4 is 19.7 Å². The van der Waals surface area contributed by atoms with E-state index in [4.69, 9.17) is 14.2 Å². The van der Waals surface area contributed by atoms with Gasteiger partial charge in [-0.3, -0.25) is 4.79 Å². The number of aromatic nitrogens is 2. The summed E-state index contributed by atoms with van der Waals surface area (Å²) in [6, 6.07) is 5.52. The molecule has 3 heterocycles. The minimum atomic E-state index is -0.122. The Bertz CT molecular complexity index is 842. The second-order valence-electron chi connectivity index (χ2n) is 6.58. The third-order valence-corrected chi connectivity index (χ3v) is 4.62. The van der Waals surface area contributed by atoms with Gasteiger partial charge >= 0.3 is 0 Å². The van der Waals surface area contributed by atoms with Crippen LogP contribution in [0.5, 0.6) is 11.5 Å². The smallest absolute Gasteiger partial charge is 0.231 e. The number of hydrogen-bond donors (Lipinski definition) is 1. The highest BCUT2D eigenvalue weighted by Gasteiger charge is 2.19. The van der Waals surface area contributed by atoms with Gasteiger partial charge in [0.25, 0.3) is 0 Å². The van der Waals surface area contributed by atoms with Gasteiger partial charge in [0, 0.05) is 13.1 Å². The van der Waals surface area contributed by atoms with Crippen molar-refractivity contribution in [3.63, 3.8) is 0 Å². The van der Waals surface area contributed by atoms with Crippen molar-refractivity contribution < 1.29 is 19.0 Å². The van der Waals surface area contributed by atoms with Gasteiger partial charge in [0.15, 0.2) is 11.5 Å². The highest BCUT2D eigenvalue weighted by molar-refractivity contribution is 5.93. The van der Waals surface area contributed by atoms with E-state index >= 15 is 0 Å². The van der Waals surface area contributed by atoms with Crippen molar-refractivity contribution >= 4 is 17.5 Å². The second kappa shape index (κ2) is 7.40. The number of nitrogens with zero attached hydrogens (tertiary/aromatic N) is 3. The summed E-state index contributed by atoms with van der Waals surface area (Å²) in [5, 5.41) is 2.95. The van der Waals surface area contributed by atoms with Gasteiger partial charge in [0.2, 0.25) is 18.6 Å². The number of hydrogen-bond acceptors (Lipinski definition) is 7. The number of rotatable bonds is 4. The van der Waals surface area contributed by atoms with Crippen molar-refractivity contribution in [2.75, 3.05) is 43.3 Å². The first-order valence-corrected chi connectivity index (χ1v) is 8.96. The molecule has 8 heteroatoms. The maximum Gasteiger partial charge on any atom is 0.231 e. The average molecular weight is 370 g/mol. The summed E-state index contributed by atoms with van der Waals surface area (Å²) in [5.41, 5.74) is 3.03. The van der Waals surface area contributed by atoms with E-state index in [9.17, 15) is 4.79 Å². The molecule has 1 amide bonds. The van der Waals surface area contributed by atoms with Crippen LogP contribution in [0.15, 0.2) is 18.2 Å². The van der Waals surface area contributed by atoms with Crippen LogP contribution in [0.25, 0.3) is 0 Å². The molecule has 2 aliphatic heterocycles. The van der Waals surface area contributed by atoms with E-state index in [1.165, 1.54) is 0 Å². The monoisotopic (exact) mass is 370 g/mol. The molecule has 27 heavy (non-hydrogen) atoms. The van der Waals surface area contributed by atoms with Crippen molar-refractivity contribution in [3.8, 4) is 11.5 Å². The molecule has 1 N–H and O–H groups in total. The highest BCUT2D eigenvalue weighted by atomic mass is 16.7. The van der Waals surface area contributed by atoms with Crippen molar-refractivity contribution in [1.29, 1.82) is 0 Å². The Morgan fingerprint density at radius 1 is 1.11 bits per heavy atom. The Kier molecular flexibility index (Phi) is 4.81. The van der Waals surface area contributed by atoms with Gasteiger partial charge in [0.05, 0.1) is 36.7 Å². The van der Waals surface area contributed by atoms with Crippen LogP contribution in [0.2, 0.25) is 0 Å². The molecule has 2 aromatic rings. The van der Waals surface area contributed by atoms with Crippen LogP contribution in [0.3, 0.4) is 0 Å². The lowest BCUT2D eigenvalue weighted by atomic mass is 10.1. The molecule has 1 fully saturated rings. The van der Waals surface area contributed by atoms with Crippen molar-refractivity contribution in [3.05, 3.63) is 35.2 Å². The summed E-state index contributed by atoms with van der Waals surface area (Å²) in [6.45, 7) is 6.88. The SMILES string of the molecule is Cc1nc(N2CCOCC2)nc(C)c1NC(=O)Cc1ccc2c(c1)OCO2. The minimum Gasteiger partial charge on any atom is -0.454 e. The number of amides is 1. The van der Waals surface area contributed by atoms with Crippen LogP contribution in [0.4, 0.5) is 11.6 Å². The molecule has 1 aromatic carbocycles. The van der Waals surface area contributed by atoms with Gasteiger partial charge in [-0.25, -0.2) is 9.97 Å². The molecule has 1 aromatic heterocycles. The molecular weight excluding hydrogens is 348 g/mol. The first kappa shape index (κ1) is 17.5. The third-order valence-electron chi connectivity index (χ3n) is 4.62. The largest absolute Gasteiger partial charge is 0.454 e. The quantitative estimate of drug-likeness (QED) is 0.879. The lowest BCUT2D eigenvalue weighted by Gasteiger charge is -2.27. The number of aryl methyl sites for hydroxylation is 2. The average Bonchev–Trinajstić information content (AvgIpc) is 3.13. The summed E-state index contributed by atoms with van der Waals surface area (Å²) < 4.78 is 16.0. The van der Waals surface area contributed by atoms with E-state index in [1.54, 1.807) is 0 Å². The molecule has 0 bridgehead atoms. The number of carbonyl (C=O) groups excluding carboxylic acids is 1. The fraction of sp³-hybridized carbons (Fsp3) is 0.421. The van der Waals surface area contributed by atoms with Gasteiger partial charge in [0.1, 0.15) is 0 Å². The van der Waals surface area contributed by atoms with Gasteiger partial charge in [-0.1, -0.05) is 6.07 Å². The summed E-state index contributed by atoms with van der Waals surface area (Å²) >= 11 is 0. The van der Waals surface area contributed by atoms with Crippen molar-refractivity contribution in [2.45, 2.75) is 20.3 Å². The topological polar surface area (TPSA) is 85.8 Å². The van der Waals surface area contributed by atoms with E-state index in [0.717, 1.165) is 30.0 Å². The number of nitrogens with one attached hydrogen (secondary N) is 1. The lowest BCUT2D eigenvalue weighted by molar-refractivity contribution is -0.115. The zero-order valence-electron chi connectivity index (χ0n) is 15.4. The van der Waals surface area contributed by atoms with Crippen molar-refractivity contribution in [2.24, 2.45) is 0 Å². The Hall–Kier alpha value is -2.87. The van der Waals surface area contributed by atoms with E-state index < -0.39 is 0 Å². The Morgan fingerprint density at radius 3 is 2.56 bits per heavy atom. The predicted molar refractivity (Wildman–Crippen MR) is 99.4 cm³/mol. The van der Waals surface area contributed by atoms with Crippen molar-refractivity contribution in [1.82, 2.24) is 9.97 Å². The fourth-order valence-corrected chi connectivity index (χ4v) is 3.20. The van der Waals surface area contributed by atoms with Gasteiger partial charge in [-0.15, -0.1) is 0 Å². The molecule has 0 atom stereocenters. The van der Waals surface area contributed by atoms with Crippen LogP contribution >= 0.6 is 0 Å². The Balaban J connectivity index is 1.46. The number of benzene rings is 1. The molecule has 0 radical (unpaired) electrons. The lowest BCUT2D eigenvalue weighted by Crippen LogP contribution is -2.37. The Labute approximate surface area is 157 Å². The van der Waals surface area contributed by atoms with Crippen LogP contribution in [-0.2, 0) is 16.0 Å². The maximum absolute atomic E-state index is 12.5. The molecule has 2 aliphatic rings. The highest BCUT2D eigenvalue weighted by Crippen LogP contribution is 2.32. The summed E-state index contributed by atoms with van der Waals surface area (Å²) in [4.78, 5) is 23.8. The predicted octanol–water partition coefficient (Wildman–Crippen LogP) is 1.84. The number of carbonyl (C=O) groups is 1. The van der Waals surface area contributed by atoms with Gasteiger partial charge in [-0.2, -0.15) is 0 Å². The van der Waals surface area contributed by atoms with E-state index in [2.05, 4.69) is 20.2 Å². The van der Waals surface area contributed by atoms with E-state index in [1.807, 2.05) is 32.0 Å². The molecule has 142 valence electrons. The molecule has 4 rings (SSSR count). The van der Waals surface area contributed by atoms with Gasteiger partial charge in [-0.05, 0) is 31.5 Å². The standard InChI is InChI=1S/C19H22N4O4/c1-12-18(13(2)21-19(20-12)23-5-7-25-8-6-23)22-17(24)10-14-3-4-15-16(9-14)27-11-26-15/h3-4,9H,5-8,10-11H2,1-2H3,(H,22,24).